The van der Waals surface area contributed by atoms with Crippen LogP contribution in [0.15, 0.2) is 60.8 Å². The smallest absolute Gasteiger partial charge is 0.410 e. The number of amides is 1. The lowest BCUT2D eigenvalue weighted by molar-refractivity contribution is 0.0219. The van der Waals surface area contributed by atoms with E-state index in [4.69, 9.17) is 9.72 Å². The fraction of sp³-hybridized carbons (Fsp3) is 0.382. The zero-order valence-corrected chi connectivity index (χ0v) is 25.9. The molecule has 0 aliphatic carbocycles. The number of hydrogen-bond acceptors (Lipinski definition) is 6. The molecule has 5 aromatic rings. The van der Waals surface area contributed by atoms with Crippen LogP contribution in [-0.2, 0) is 4.74 Å². The van der Waals surface area contributed by atoms with Crippen molar-refractivity contribution in [2.24, 2.45) is 5.92 Å². The van der Waals surface area contributed by atoms with E-state index in [1.165, 1.54) is 16.0 Å². The molecule has 5 heterocycles. The molecule has 3 N–H and O–H groups in total. The van der Waals surface area contributed by atoms with E-state index >= 15 is 0 Å². The molecule has 9 heteroatoms. The number of fused-ring (bicyclic) bond motifs is 1. The lowest BCUT2D eigenvalue weighted by Gasteiger charge is -2.27. The van der Waals surface area contributed by atoms with Gasteiger partial charge in [0, 0.05) is 11.4 Å². The number of carbonyl (C=O) groups is 1. The van der Waals surface area contributed by atoms with Crippen LogP contribution in [0.1, 0.15) is 70.7 Å². The van der Waals surface area contributed by atoms with Gasteiger partial charge in [-0.15, -0.1) is 11.3 Å². The number of likely N-dealkylation sites (tertiary alicyclic amines) is 1. The summed E-state index contributed by atoms with van der Waals surface area (Å²) in [7, 11) is 0. The normalized spacial score (nSPS) is 20.7. The van der Waals surface area contributed by atoms with Crippen molar-refractivity contribution in [1.29, 1.82) is 0 Å². The van der Waals surface area contributed by atoms with Crippen LogP contribution in [0.2, 0.25) is 0 Å². The Morgan fingerprint density at radius 2 is 1.67 bits per heavy atom. The molecule has 2 aliphatic rings. The largest absolute Gasteiger partial charge is 0.444 e. The van der Waals surface area contributed by atoms with Crippen molar-refractivity contribution in [2.45, 2.75) is 64.6 Å². The van der Waals surface area contributed by atoms with Crippen molar-refractivity contribution in [2.75, 3.05) is 13.1 Å². The van der Waals surface area contributed by atoms with E-state index in [2.05, 4.69) is 81.8 Å². The zero-order chi connectivity index (χ0) is 29.7. The molecule has 222 valence electrons. The number of carbonyl (C=O) groups excluding carboxylic acids is 1. The van der Waals surface area contributed by atoms with Crippen molar-refractivity contribution >= 4 is 27.8 Å². The van der Waals surface area contributed by atoms with Crippen molar-refractivity contribution in [1.82, 2.24) is 30.2 Å². The predicted octanol–water partition coefficient (Wildman–Crippen LogP) is 8.09. The molecule has 3 atom stereocenters. The molecule has 2 aliphatic heterocycles. The molecule has 2 saturated heterocycles. The monoisotopic (exact) mass is 594 g/mol. The van der Waals surface area contributed by atoms with Gasteiger partial charge in [0.25, 0.3) is 0 Å². The number of thiophene rings is 1. The van der Waals surface area contributed by atoms with Gasteiger partial charge in [0.05, 0.1) is 29.5 Å². The van der Waals surface area contributed by atoms with Gasteiger partial charge >= 0.3 is 6.09 Å². The Hall–Kier alpha value is -3.95. The maximum Gasteiger partial charge on any atom is 0.410 e. The molecule has 0 radical (unpaired) electrons. The van der Waals surface area contributed by atoms with Gasteiger partial charge in [-0.25, -0.2) is 14.8 Å². The van der Waals surface area contributed by atoms with E-state index in [1.54, 1.807) is 16.2 Å². The zero-order valence-electron chi connectivity index (χ0n) is 25.1. The molecule has 2 aromatic carbocycles. The average molecular weight is 595 g/mol. The summed E-state index contributed by atoms with van der Waals surface area (Å²) in [4.78, 5) is 33.2. The standard InChI is InChI=1S/C34H38N6O2S/c1-20-16-25(35-18-20)30-36-19-27(38-30)23-11-7-21(8-12-23)22-9-13-24(14-10-22)29-17-26-32(43-29)39-31(37-26)28-6-5-15-40(28)33(41)42-34(2,3)4/h7-14,17,19-20,25,28,35H,5-6,15-16,18H2,1-4H3,(H,36,38)(H,37,39)/t20?,25?,28-/m0/s1. The summed E-state index contributed by atoms with van der Waals surface area (Å²) < 4.78 is 5.64. The van der Waals surface area contributed by atoms with Gasteiger partial charge < -0.3 is 20.0 Å². The first-order chi connectivity index (χ1) is 20.7. The van der Waals surface area contributed by atoms with Crippen LogP contribution in [0.4, 0.5) is 4.79 Å². The highest BCUT2D eigenvalue weighted by Gasteiger charge is 2.35. The predicted molar refractivity (Wildman–Crippen MR) is 172 cm³/mol. The Morgan fingerprint density at radius 1 is 0.977 bits per heavy atom. The summed E-state index contributed by atoms with van der Waals surface area (Å²) in [6, 6.07) is 19.8. The third kappa shape index (κ3) is 5.71. The number of H-pyrrole nitrogens is 2. The number of imidazole rings is 2. The number of benzene rings is 2. The summed E-state index contributed by atoms with van der Waals surface area (Å²) in [5.74, 6) is 2.55. The number of hydrogen-bond donors (Lipinski definition) is 3. The van der Waals surface area contributed by atoms with Gasteiger partial charge in [0.15, 0.2) is 0 Å². The van der Waals surface area contributed by atoms with Crippen molar-refractivity contribution < 1.29 is 9.53 Å². The van der Waals surface area contributed by atoms with Crippen molar-refractivity contribution in [3.05, 3.63) is 72.4 Å². The number of nitrogens with one attached hydrogen (secondary N) is 3. The maximum atomic E-state index is 12.8. The van der Waals surface area contributed by atoms with Crippen LogP contribution in [0, 0.1) is 5.92 Å². The van der Waals surface area contributed by atoms with Gasteiger partial charge in [-0.3, -0.25) is 4.90 Å². The lowest BCUT2D eigenvalue weighted by atomic mass is 10.0. The lowest BCUT2D eigenvalue weighted by Crippen LogP contribution is -2.36. The third-order valence-corrected chi connectivity index (χ3v) is 9.45. The van der Waals surface area contributed by atoms with E-state index in [1.807, 2.05) is 27.0 Å². The van der Waals surface area contributed by atoms with Crippen LogP contribution in [0.5, 0.6) is 0 Å². The first-order valence-electron chi connectivity index (χ1n) is 15.2. The molecular formula is C34H38N6O2S. The van der Waals surface area contributed by atoms with Crippen LogP contribution < -0.4 is 5.32 Å². The van der Waals surface area contributed by atoms with Crippen molar-refractivity contribution in [3.8, 4) is 32.8 Å². The second-order valence-corrected chi connectivity index (χ2v) is 14.0. The minimum absolute atomic E-state index is 0.0768. The molecule has 7 rings (SSSR count). The number of aromatic amines is 2. The molecule has 0 bridgehead atoms. The second kappa shape index (κ2) is 11.0. The van der Waals surface area contributed by atoms with E-state index in [9.17, 15) is 4.79 Å². The van der Waals surface area contributed by atoms with Crippen molar-refractivity contribution in [3.63, 3.8) is 0 Å². The Morgan fingerprint density at radius 3 is 2.33 bits per heavy atom. The Labute approximate surface area is 255 Å². The Bertz CT molecular complexity index is 1710. The first-order valence-corrected chi connectivity index (χ1v) is 16.0. The minimum atomic E-state index is -0.516. The van der Waals surface area contributed by atoms with Gasteiger partial charge in [0.2, 0.25) is 0 Å². The second-order valence-electron chi connectivity index (χ2n) is 12.9. The van der Waals surface area contributed by atoms with E-state index in [-0.39, 0.29) is 12.1 Å². The molecular weight excluding hydrogens is 556 g/mol. The summed E-state index contributed by atoms with van der Waals surface area (Å²) in [5.41, 5.74) is 6.19. The number of aromatic nitrogens is 4. The molecule has 43 heavy (non-hydrogen) atoms. The fourth-order valence-electron chi connectivity index (χ4n) is 6.17. The van der Waals surface area contributed by atoms with Gasteiger partial charge in [-0.1, -0.05) is 55.5 Å². The SMILES string of the molecule is CC1CNC(c2ncc(-c3ccc(-c4ccc(-c5cc6[nH]c([C@@H]7CCCN7C(=O)OC(C)(C)C)nc6s5)cc4)cc3)[nH]2)C1. The van der Waals surface area contributed by atoms with Crippen LogP contribution in [0.25, 0.3) is 43.2 Å². The van der Waals surface area contributed by atoms with E-state index in [0.29, 0.717) is 18.5 Å². The molecule has 0 spiro atoms. The summed E-state index contributed by atoms with van der Waals surface area (Å²) >= 11 is 1.67. The highest BCUT2D eigenvalue weighted by atomic mass is 32.1. The third-order valence-electron chi connectivity index (χ3n) is 8.37. The van der Waals surface area contributed by atoms with Gasteiger partial charge in [0.1, 0.15) is 22.1 Å². The molecule has 8 nitrogen and oxygen atoms in total. The van der Waals surface area contributed by atoms with Crippen LogP contribution in [0.3, 0.4) is 0 Å². The van der Waals surface area contributed by atoms with E-state index < -0.39 is 5.60 Å². The van der Waals surface area contributed by atoms with Crippen LogP contribution in [-0.4, -0.2) is 49.6 Å². The summed E-state index contributed by atoms with van der Waals surface area (Å²) in [6.07, 6.45) is 4.62. The minimum Gasteiger partial charge on any atom is -0.444 e. The highest BCUT2D eigenvalue weighted by molar-refractivity contribution is 7.21. The number of nitrogens with zero attached hydrogens (tertiary/aromatic N) is 3. The fourth-order valence-corrected chi connectivity index (χ4v) is 7.17. The maximum absolute atomic E-state index is 12.8. The molecule has 3 aromatic heterocycles. The Balaban J connectivity index is 1.03. The van der Waals surface area contributed by atoms with Gasteiger partial charge in [-0.05, 0) is 80.8 Å². The van der Waals surface area contributed by atoms with Crippen LogP contribution >= 0.6 is 11.3 Å². The number of ether oxygens (including phenoxy) is 1. The molecule has 1 amide bonds. The van der Waals surface area contributed by atoms with Gasteiger partial charge in [-0.2, -0.15) is 0 Å². The van der Waals surface area contributed by atoms with E-state index in [0.717, 1.165) is 64.6 Å². The Kier molecular flexibility index (Phi) is 7.10. The quantitative estimate of drug-likeness (QED) is 0.191. The highest BCUT2D eigenvalue weighted by Crippen LogP contribution is 2.38. The topological polar surface area (TPSA) is 98.9 Å². The summed E-state index contributed by atoms with van der Waals surface area (Å²) in [6.45, 7) is 9.71. The summed E-state index contributed by atoms with van der Waals surface area (Å²) in [5, 5.41) is 3.55. The molecule has 2 fully saturated rings. The molecule has 0 saturated carbocycles. The first kappa shape index (κ1) is 27.9. The average Bonchev–Trinajstić information content (AvgIpc) is 3.80. The number of rotatable bonds is 5. The molecule has 2 unspecified atom stereocenters.